The highest BCUT2D eigenvalue weighted by Gasteiger charge is 2.17. The molecule has 6 heteroatoms. The van der Waals surface area contributed by atoms with E-state index in [0.29, 0.717) is 19.2 Å². The van der Waals surface area contributed by atoms with Gasteiger partial charge in [0.05, 0.1) is 5.69 Å². The molecular formula is C23H24N4O2. The van der Waals surface area contributed by atoms with Gasteiger partial charge < -0.3 is 19.7 Å². The number of benzene rings is 2. The van der Waals surface area contributed by atoms with Crippen molar-refractivity contribution in [2.75, 3.05) is 36.5 Å². The Bertz CT molecular complexity index is 987. The van der Waals surface area contributed by atoms with Gasteiger partial charge >= 0.3 is 0 Å². The number of nitrogens with zero attached hydrogens (tertiary/aromatic N) is 3. The van der Waals surface area contributed by atoms with E-state index in [1.165, 1.54) is 19.3 Å². The fourth-order valence-corrected chi connectivity index (χ4v) is 3.78. The van der Waals surface area contributed by atoms with E-state index in [-0.39, 0.29) is 0 Å². The lowest BCUT2D eigenvalue weighted by molar-refractivity contribution is 0.171. The second-order valence-electron chi connectivity index (χ2n) is 7.33. The molecule has 0 atom stereocenters. The van der Waals surface area contributed by atoms with E-state index in [1.54, 1.807) is 0 Å². The average molecular weight is 388 g/mol. The zero-order chi connectivity index (χ0) is 19.5. The molecule has 1 fully saturated rings. The molecule has 1 N–H and O–H groups in total. The number of rotatable bonds is 4. The molecule has 1 aromatic heterocycles. The number of hydrogen-bond acceptors (Lipinski definition) is 6. The summed E-state index contributed by atoms with van der Waals surface area (Å²) in [6.45, 7) is 3.22. The molecule has 148 valence electrons. The van der Waals surface area contributed by atoms with Crippen LogP contribution in [-0.4, -0.2) is 36.3 Å². The first-order valence-electron chi connectivity index (χ1n) is 10.2. The highest BCUT2D eigenvalue weighted by atomic mass is 16.6. The Labute approximate surface area is 170 Å². The summed E-state index contributed by atoms with van der Waals surface area (Å²) in [6.07, 6.45) is 3.70. The number of hydrogen-bond donors (Lipinski definition) is 1. The van der Waals surface area contributed by atoms with Crippen LogP contribution in [0.1, 0.15) is 19.3 Å². The Morgan fingerprint density at radius 1 is 0.793 bits per heavy atom. The second-order valence-corrected chi connectivity index (χ2v) is 7.33. The largest absolute Gasteiger partial charge is 0.486 e. The van der Waals surface area contributed by atoms with E-state index in [2.05, 4.69) is 28.4 Å². The number of piperidine rings is 1. The van der Waals surface area contributed by atoms with E-state index >= 15 is 0 Å². The Morgan fingerprint density at radius 3 is 2.41 bits per heavy atom. The predicted octanol–water partition coefficient (Wildman–Crippen LogP) is 4.65. The first-order chi connectivity index (χ1) is 14.3. The Morgan fingerprint density at radius 2 is 1.59 bits per heavy atom. The van der Waals surface area contributed by atoms with E-state index in [9.17, 15) is 0 Å². The maximum Gasteiger partial charge on any atom is 0.229 e. The third-order valence-electron chi connectivity index (χ3n) is 5.26. The van der Waals surface area contributed by atoms with Gasteiger partial charge in [0.25, 0.3) is 0 Å². The van der Waals surface area contributed by atoms with Crippen LogP contribution in [0.2, 0.25) is 0 Å². The summed E-state index contributed by atoms with van der Waals surface area (Å²) >= 11 is 0. The van der Waals surface area contributed by atoms with Crippen molar-refractivity contribution in [3.8, 4) is 22.8 Å². The van der Waals surface area contributed by atoms with Gasteiger partial charge in [-0.1, -0.05) is 30.3 Å². The summed E-state index contributed by atoms with van der Waals surface area (Å²) in [5.41, 5.74) is 2.88. The van der Waals surface area contributed by atoms with Gasteiger partial charge in [-0.05, 0) is 31.4 Å². The summed E-state index contributed by atoms with van der Waals surface area (Å²) in [5.74, 6) is 3.08. The van der Waals surface area contributed by atoms with E-state index in [0.717, 1.165) is 47.4 Å². The summed E-state index contributed by atoms with van der Waals surface area (Å²) in [6, 6.07) is 18.2. The third kappa shape index (κ3) is 3.97. The van der Waals surface area contributed by atoms with E-state index in [1.807, 2.05) is 36.4 Å². The quantitative estimate of drug-likeness (QED) is 0.702. The van der Waals surface area contributed by atoms with Gasteiger partial charge in [-0.3, -0.25) is 0 Å². The van der Waals surface area contributed by atoms with Crippen LogP contribution in [0.15, 0.2) is 54.6 Å². The fourth-order valence-electron chi connectivity index (χ4n) is 3.78. The minimum Gasteiger partial charge on any atom is -0.486 e. The first-order valence-corrected chi connectivity index (χ1v) is 10.2. The molecule has 2 aliphatic rings. The lowest BCUT2D eigenvalue weighted by Crippen LogP contribution is -2.30. The molecule has 0 saturated carbocycles. The van der Waals surface area contributed by atoms with Crippen molar-refractivity contribution in [2.24, 2.45) is 0 Å². The van der Waals surface area contributed by atoms with Crippen molar-refractivity contribution >= 4 is 17.5 Å². The average Bonchev–Trinajstić information content (AvgIpc) is 2.80. The molecule has 2 aromatic carbocycles. The Hall–Kier alpha value is -3.28. The van der Waals surface area contributed by atoms with Crippen molar-refractivity contribution in [1.82, 2.24) is 9.97 Å². The lowest BCUT2D eigenvalue weighted by atomic mass is 10.1. The van der Waals surface area contributed by atoms with Crippen LogP contribution in [0.3, 0.4) is 0 Å². The molecule has 3 heterocycles. The monoisotopic (exact) mass is 388 g/mol. The van der Waals surface area contributed by atoms with Crippen molar-refractivity contribution in [1.29, 1.82) is 0 Å². The molecule has 29 heavy (non-hydrogen) atoms. The van der Waals surface area contributed by atoms with Crippen LogP contribution in [-0.2, 0) is 0 Å². The number of nitrogens with one attached hydrogen (secondary N) is 1. The minimum absolute atomic E-state index is 0.565. The number of anilines is 3. The first kappa shape index (κ1) is 17.8. The SMILES string of the molecule is c1ccc(-c2cc(N3CCCCC3)nc(Nc3ccc4c(c3)OCCO4)n2)cc1. The molecule has 0 spiro atoms. The van der Waals surface area contributed by atoms with Crippen LogP contribution in [0.5, 0.6) is 11.5 Å². The third-order valence-corrected chi connectivity index (χ3v) is 5.26. The summed E-state index contributed by atoms with van der Waals surface area (Å²) < 4.78 is 11.3. The van der Waals surface area contributed by atoms with E-state index in [4.69, 9.17) is 19.4 Å². The molecule has 5 rings (SSSR count). The van der Waals surface area contributed by atoms with Crippen LogP contribution in [0.4, 0.5) is 17.5 Å². The lowest BCUT2D eigenvalue weighted by Gasteiger charge is -2.28. The van der Waals surface area contributed by atoms with Crippen molar-refractivity contribution < 1.29 is 9.47 Å². The molecule has 1 saturated heterocycles. The summed E-state index contributed by atoms with van der Waals surface area (Å²) in [5, 5.41) is 3.36. The summed E-state index contributed by atoms with van der Waals surface area (Å²) in [7, 11) is 0. The van der Waals surface area contributed by atoms with Crippen LogP contribution in [0.25, 0.3) is 11.3 Å². The number of fused-ring (bicyclic) bond motifs is 1. The zero-order valence-corrected chi connectivity index (χ0v) is 16.3. The van der Waals surface area contributed by atoms with Gasteiger partial charge in [0.2, 0.25) is 5.95 Å². The van der Waals surface area contributed by atoms with Crippen molar-refractivity contribution in [3.05, 3.63) is 54.6 Å². The molecule has 2 aliphatic heterocycles. The molecule has 6 nitrogen and oxygen atoms in total. The predicted molar refractivity (Wildman–Crippen MR) is 114 cm³/mol. The standard InChI is InChI=1S/C23H24N4O2/c1-3-7-17(8-4-1)19-16-22(27-11-5-2-6-12-27)26-23(25-19)24-18-9-10-20-21(15-18)29-14-13-28-20/h1,3-4,7-10,15-16H,2,5-6,11-14H2,(H,24,25,26). The van der Waals surface area contributed by atoms with Crippen LogP contribution in [0, 0.1) is 0 Å². The maximum absolute atomic E-state index is 5.70. The Kier molecular flexibility index (Phi) is 4.90. The normalized spacial score (nSPS) is 15.8. The highest BCUT2D eigenvalue weighted by molar-refractivity contribution is 5.67. The Balaban J connectivity index is 1.49. The number of ether oxygens (including phenoxy) is 2. The second kappa shape index (κ2) is 7.99. The van der Waals surface area contributed by atoms with E-state index < -0.39 is 0 Å². The summed E-state index contributed by atoms with van der Waals surface area (Å²) in [4.78, 5) is 12.0. The van der Waals surface area contributed by atoms with Crippen LogP contribution >= 0.6 is 0 Å². The molecule has 0 aliphatic carbocycles. The fraction of sp³-hybridized carbons (Fsp3) is 0.304. The van der Waals surface area contributed by atoms with Gasteiger partial charge in [0.15, 0.2) is 11.5 Å². The molecule has 3 aromatic rings. The molecule has 0 bridgehead atoms. The van der Waals surface area contributed by atoms with Gasteiger partial charge in [-0.2, -0.15) is 4.98 Å². The number of aromatic nitrogens is 2. The van der Waals surface area contributed by atoms with Crippen molar-refractivity contribution in [2.45, 2.75) is 19.3 Å². The molecular weight excluding hydrogens is 364 g/mol. The molecule has 0 radical (unpaired) electrons. The minimum atomic E-state index is 0.565. The smallest absolute Gasteiger partial charge is 0.229 e. The van der Waals surface area contributed by atoms with Gasteiger partial charge in [-0.25, -0.2) is 4.98 Å². The van der Waals surface area contributed by atoms with Gasteiger partial charge in [0.1, 0.15) is 19.0 Å². The van der Waals surface area contributed by atoms with Crippen molar-refractivity contribution in [3.63, 3.8) is 0 Å². The zero-order valence-electron chi connectivity index (χ0n) is 16.3. The van der Waals surface area contributed by atoms with Crippen LogP contribution < -0.4 is 19.7 Å². The molecule has 0 unspecified atom stereocenters. The van der Waals surface area contributed by atoms with Gasteiger partial charge in [0, 0.05) is 36.5 Å². The topological polar surface area (TPSA) is 59.5 Å². The highest BCUT2D eigenvalue weighted by Crippen LogP contribution is 2.34. The maximum atomic E-state index is 5.70. The van der Waals surface area contributed by atoms with Gasteiger partial charge in [-0.15, -0.1) is 0 Å². The molecule has 0 amide bonds.